The van der Waals surface area contributed by atoms with Crippen molar-refractivity contribution in [3.63, 3.8) is 0 Å². The quantitative estimate of drug-likeness (QED) is 0.661. The van der Waals surface area contributed by atoms with E-state index in [-0.39, 0.29) is 5.56 Å². The van der Waals surface area contributed by atoms with E-state index in [9.17, 15) is 8.78 Å². The largest absolute Gasteiger partial charge is 0.264 e. The van der Waals surface area contributed by atoms with E-state index in [4.69, 9.17) is 0 Å². The van der Waals surface area contributed by atoms with Crippen LogP contribution in [0.4, 0.5) is 8.78 Å². The van der Waals surface area contributed by atoms with Crippen molar-refractivity contribution in [3.8, 4) is 0 Å². The summed E-state index contributed by atoms with van der Waals surface area (Å²) in [5, 5.41) is 0. The summed E-state index contributed by atoms with van der Waals surface area (Å²) in [5.41, 5.74) is -0.0747. The molecule has 0 spiro atoms. The van der Waals surface area contributed by atoms with Crippen LogP contribution in [0.5, 0.6) is 0 Å². The van der Waals surface area contributed by atoms with Crippen LogP contribution in [0.15, 0.2) is 22.7 Å². The Kier molecular flexibility index (Phi) is 2.38. The molecule has 0 aliphatic rings. The molecule has 0 aliphatic carbocycles. The molecule has 1 aromatic carbocycles. The van der Waals surface area contributed by atoms with Crippen LogP contribution in [-0.2, 0) is 0 Å². The molecule has 1 aromatic rings. The van der Waals surface area contributed by atoms with Crippen LogP contribution in [0.3, 0.4) is 0 Å². The molecule has 0 unspecified atom stereocenters. The molecule has 0 aromatic heterocycles. The molecule has 0 aliphatic heterocycles. The highest BCUT2D eigenvalue weighted by Gasteiger charge is 2.05. The van der Waals surface area contributed by atoms with Gasteiger partial charge in [-0.2, -0.15) is 0 Å². The van der Waals surface area contributed by atoms with Crippen LogP contribution in [0, 0.1) is 6.07 Å². The van der Waals surface area contributed by atoms with Gasteiger partial charge in [0, 0.05) is 16.1 Å². The van der Waals surface area contributed by atoms with E-state index in [0.29, 0.717) is 4.47 Å². The van der Waals surface area contributed by atoms with Gasteiger partial charge in [0.05, 0.1) is 0 Å². The van der Waals surface area contributed by atoms with E-state index in [1.807, 2.05) is 0 Å². The van der Waals surface area contributed by atoms with E-state index < -0.39 is 6.43 Å². The predicted molar refractivity (Wildman–Crippen MR) is 37.9 cm³/mol. The molecule has 0 nitrogen and oxygen atoms in total. The van der Waals surface area contributed by atoms with Crippen molar-refractivity contribution in [2.45, 2.75) is 6.43 Å². The van der Waals surface area contributed by atoms with Crippen molar-refractivity contribution in [1.29, 1.82) is 0 Å². The zero-order chi connectivity index (χ0) is 7.56. The molecular formula is C7H4BrF2. The minimum Gasteiger partial charge on any atom is -0.205 e. The first-order valence-electron chi connectivity index (χ1n) is 2.66. The van der Waals surface area contributed by atoms with E-state index in [1.165, 1.54) is 6.07 Å². The van der Waals surface area contributed by atoms with Gasteiger partial charge in [-0.1, -0.05) is 28.1 Å². The Labute approximate surface area is 66.0 Å². The normalized spacial score (nSPS) is 10.4. The number of benzene rings is 1. The lowest BCUT2D eigenvalue weighted by molar-refractivity contribution is 0.151. The van der Waals surface area contributed by atoms with E-state index in [0.717, 1.165) is 0 Å². The Morgan fingerprint density at radius 1 is 1.40 bits per heavy atom. The maximum atomic E-state index is 11.9. The van der Waals surface area contributed by atoms with Crippen LogP contribution < -0.4 is 0 Å². The van der Waals surface area contributed by atoms with Crippen LogP contribution >= 0.6 is 15.9 Å². The monoisotopic (exact) mass is 205 g/mol. The third-order valence-electron chi connectivity index (χ3n) is 1.02. The van der Waals surface area contributed by atoms with Gasteiger partial charge >= 0.3 is 0 Å². The summed E-state index contributed by atoms with van der Waals surface area (Å²) in [6, 6.07) is 7.03. The Morgan fingerprint density at radius 3 is 2.50 bits per heavy atom. The van der Waals surface area contributed by atoms with Gasteiger partial charge in [-0.15, -0.1) is 0 Å². The molecule has 0 saturated carbocycles. The standard InChI is InChI=1S/C7H4BrF2/c8-6-3-1-2-5(4-6)7(9)10/h1-3,7H. The lowest BCUT2D eigenvalue weighted by Crippen LogP contribution is -1.82. The van der Waals surface area contributed by atoms with Crippen molar-refractivity contribution in [2.75, 3.05) is 0 Å². The summed E-state index contributed by atoms with van der Waals surface area (Å²) in [4.78, 5) is 0. The Balaban J connectivity index is 2.96. The van der Waals surface area contributed by atoms with Crippen molar-refractivity contribution in [3.05, 3.63) is 34.3 Å². The molecule has 0 atom stereocenters. The zero-order valence-corrected chi connectivity index (χ0v) is 6.53. The molecule has 53 valence electrons. The number of hydrogen-bond donors (Lipinski definition) is 0. The molecule has 0 amide bonds. The van der Waals surface area contributed by atoms with Gasteiger partial charge < -0.3 is 0 Å². The van der Waals surface area contributed by atoms with Gasteiger partial charge in [0.25, 0.3) is 6.43 Å². The molecular weight excluding hydrogens is 202 g/mol. The van der Waals surface area contributed by atoms with Gasteiger partial charge in [0.15, 0.2) is 0 Å². The number of halogens is 3. The number of hydrogen-bond acceptors (Lipinski definition) is 0. The molecule has 10 heavy (non-hydrogen) atoms. The van der Waals surface area contributed by atoms with Crippen LogP contribution in [-0.4, -0.2) is 0 Å². The first-order chi connectivity index (χ1) is 4.70. The highest BCUT2D eigenvalue weighted by atomic mass is 79.9. The fourth-order valence-corrected chi connectivity index (χ4v) is 0.966. The average molecular weight is 206 g/mol. The molecule has 1 rings (SSSR count). The van der Waals surface area contributed by atoms with Crippen LogP contribution in [0.25, 0.3) is 0 Å². The molecule has 0 fully saturated rings. The highest BCUT2D eigenvalue weighted by molar-refractivity contribution is 9.10. The van der Waals surface area contributed by atoms with Gasteiger partial charge in [-0.3, -0.25) is 0 Å². The van der Waals surface area contributed by atoms with Crippen molar-refractivity contribution in [2.24, 2.45) is 0 Å². The van der Waals surface area contributed by atoms with Gasteiger partial charge in [-0.05, 0) is 6.07 Å². The number of alkyl halides is 2. The van der Waals surface area contributed by atoms with Crippen LogP contribution in [0.1, 0.15) is 12.0 Å². The van der Waals surface area contributed by atoms with Gasteiger partial charge in [0.2, 0.25) is 0 Å². The third-order valence-corrected chi connectivity index (χ3v) is 1.48. The Hall–Kier alpha value is -0.440. The highest BCUT2D eigenvalue weighted by Crippen LogP contribution is 2.20. The van der Waals surface area contributed by atoms with E-state index >= 15 is 0 Å². The Morgan fingerprint density at radius 2 is 2.10 bits per heavy atom. The molecule has 0 saturated heterocycles. The maximum absolute atomic E-state index is 11.9. The van der Waals surface area contributed by atoms with E-state index in [1.54, 1.807) is 12.1 Å². The summed E-state index contributed by atoms with van der Waals surface area (Å²) < 4.78 is 24.4. The second kappa shape index (κ2) is 3.10. The fourth-order valence-electron chi connectivity index (χ4n) is 0.585. The second-order valence-corrected chi connectivity index (χ2v) is 2.61. The minimum absolute atomic E-state index is 0.0747. The van der Waals surface area contributed by atoms with Crippen molar-refractivity contribution >= 4 is 15.9 Å². The SMILES string of the molecule is FC(F)c1[c]c(Br)ccc1. The van der Waals surface area contributed by atoms with Crippen molar-refractivity contribution in [1.82, 2.24) is 0 Å². The van der Waals surface area contributed by atoms with Crippen LogP contribution in [0.2, 0.25) is 0 Å². The lowest BCUT2D eigenvalue weighted by atomic mass is 10.2. The summed E-state index contributed by atoms with van der Waals surface area (Å²) in [7, 11) is 0. The molecule has 1 radical (unpaired) electrons. The summed E-state index contributed by atoms with van der Waals surface area (Å²) in [6.07, 6.45) is -2.43. The maximum Gasteiger partial charge on any atom is 0.264 e. The smallest absolute Gasteiger partial charge is 0.205 e. The summed E-state index contributed by atoms with van der Waals surface area (Å²) in [5.74, 6) is 0. The number of rotatable bonds is 1. The fraction of sp³-hybridized carbons (Fsp3) is 0.143. The first kappa shape index (κ1) is 7.66. The second-order valence-electron chi connectivity index (χ2n) is 1.75. The molecule has 0 N–H and O–H groups in total. The summed E-state index contributed by atoms with van der Waals surface area (Å²) >= 11 is 3.04. The van der Waals surface area contributed by atoms with Crippen molar-refractivity contribution < 1.29 is 8.78 Å². The average Bonchev–Trinajstić information content (AvgIpc) is 1.88. The third kappa shape index (κ3) is 1.77. The molecule has 0 bridgehead atoms. The Bertz CT molecular complexity index is 223. The summed E-state index contributed by atoms with van der Waals surface area (Å²) in [6.45, 7) is 0. The topological polar surface area (TPSA) is 0 Å². The molecule has 3 heteroatoms. The molecule has 0 heterocycles. The minimum atomic E-state index is -2.43. The van der Waals surface area contributed by atoms with E-state index in [2.05, 4.69) is 22.0 Å². The zero-order valence-electron chi connectivity index (χ0n) is 4.94. The lowest BCUT2D eigenvalue weighted by Gasteiger charge is -1.96. The van der Waals surface area contributed by atoms with Gasteiger partial charge in [0.1, 0.15) is 0 Å². The predicted octanol–water partition coefficient (Wildman–Crippen LogP) is 3.19. The first-order valence-corrected chi connectivity index (χ1v) is 3.45. The van der Waals surface area contributed by atoms with Gasteiger partial charge in [-0.25, -0.2) is 8.78 Å².